The Morgan fingerprint density at radius 1 is 1.06 bits per heavy atom. The van der Waals surface area contributed by atoms with Gasteiger partial charge in [0.2, 0.25) is 0 Å². The average Bonchev–Trinajstić information content (AvgIpc) is 2.24. The molecule has 0 saturated heterocycles. The van der Waals surface area contributed by atoms with Crippen molar-refractivity contribution < 1.29 is 9.47 Å². The molecule has 0 aliphatic heterocycles. The number of nitrogens with one attached hydrogen (secondary N) is 1. The average molecular weight is 231 g/mol. The zero-order valence-electron chi connectivity index (χ0n) is 11.4. The maximum absolute atomic E-state index is 5.63. The molecule has 98 valence electrons. The fourth-order valence-corrected chi connectivity index (χ4v) is 1.41. The van der Waals surface area contributed by atoms with Gasteiger partial charge < -0.3 is 14.8 Å². The van der Waals surface area contributed by atoms with Gasteiger partial charge in [0.1, 0.15) is 0 Å². The van der Waals surface area contributed by atoms with E-state index in [-0.39, 0.29) is 6.10 Å². The van der Waals surface area contributed by atoms with Crippen LogP contribution >= 0.6 is 0 Å². The van der Waals surface area contributed by atoms with Crippen LogP contribution in [0, 0.1) is 0 Å². The molecule has 0 rings (SSSR count). The van der Waals surface area contributed by atoms with Gasteiger partial charge in [0, 0.05) is 19.3 Å². The summed E-state index contributed by atoms with van der Waals surface area (Å²) in [5, 5.41) is 3.41. The monoisotopic (exact) mass is 231 g/mol. The van der Waals surface area contributed by atoms with Gasteiger partial charge in [-0.1, -0.05) is 13.8 Å². The first-order valence-electron chi connectivity index (χ1n) is 6.59. The lowest BCUT2D eigenvalue weighted by atomic mass is 10.2. The van der Waals surface area contributed by atoms with E-state index >= 15 is 0 Å². The molecular weight excluding hydrogens is 202 g/mol. The highest BCUT2D eigenvalue weighted by atomic mass is 16.5. The van der Waals surface area contributed by atoms with Gasteiger partial charge in [-0.25, -0.2) is 0 Å². The molecule has 1 unspecified atom stereocenters. The van der Waals surface area contributed by atoms with Crippen molar-refractivity contribution >= 4 is 0 Å². The molecule has 0 aromatic carbocycles. The molecule has 0 heterocycles. The Labute approximate surface area is 101 Å². The topological polar surface area (TPSA) is 30.5 Å². The Kier molecular flexibility index (Phi) is 11.3. The smallest absolute Gasteiger partial charge is 0.0780 e. The van der Waals surface area contributed by atoms with E-state index in [2.05, 4.69) is 26.1 Å². The maximum atomic E-state index is 5.63. The lowest BCUT2D eigenvalue weighted by Crippen LogP contribution is -2.23. The molecule has 0 radical (unpaired) electrons. The summed E-state index contributed by atoms with van der Waals surface area (Å²) in [7, 11) is 0. The highest BCUT2D eigenvalue weighted by Crippen LogP contribution is 1.99. The van der Waals surface area contributed by atoms with Crippen LogP contribution in [-0.2, 0) is 9.47 Å². The highest BCUT2D eigenvalue weighted by Gasteiger charge is 2.00. The number of ether oxygens (including phenoxy) is 2. The number of hydrogen-bond acceptors (Lipinski definition) is 3. The van der Waals surface area contributed by atoms with E-state index in [0.29, 0.717) is 12.6 Å². The van der Waals surface area contributed by atoms with Crippen LogP contribution in [0.3, 0.4) is 0 Å². The maximum Gasteiger partial charge on any atom is 0.0780 e. The molecule has 3 nitrogen and oxygen atoms in total. The van der Waals surface area contributed by atoms with Gasteiger partial charge >= 0.3 is 0 Å². The first-order valence-corrected chi connectivity index (χ1v) is 6.59. The van der Waals surface area contributed by atoms with Gasteiger partial charge in [-0.3, -0.25) is 0 Å². The largest absolute Gasteiger partial charge is 0.379 e. The van der Waals surface area contributed by atoms with Gasteiger partial charge in [0.25, 0.3) is 0 Å². The summed E-state index contributed by atoms with van der Waals surface area (Å²) < 4.78 is 10.9. The normalized spacial score (nSPS) is 13.3. The SMILES string of the molecule is CCOCC(C)OCCCCCNC(C)C. The molecule has 3 heteroatoms. The minimum atomic E-state index is 0.230. The van der Waals surface area contributed by atoms with Gasteiger partial charge in [-0.2, -0.15) is 0 Å². The van der Waals surface area contributed by atoms with E-state index in [1.165, 1.54) is 12.8 Å². The molecule has 0 aromatic rings. The highest BCUT2D eigenvalue weighted by molar-refractivity contribution is 4.53. The lowest BCUT2D eigenvalue weighted by molar-refractivity contribution is -0.00455. The van der Waals surface area contributed by atoms with Crippen molar-refractivity contribution in [3.63, 3.8) is 0 Å². The Bertz CT molecular complexity index is 140. The van der Waals surface area contributed by atoms with Gasteiger partial charge in [-0.05, 0) is 39.7 Å². The summed E-state index contributed by atoms with van der Waals surface area (Å²) in [4.78, 5) is 0. The third-order valence-electron chi connectivity index (χ3n) is 2.33. The summed E-state index contributed by atoms with van der Waals surface area (Å²) in [5.41, 5.74) is 0. The fraction of sp³-hybridized carbons (Fsp3) is 1.00. The molecule has 0 aromatic heterocycles. The zero-order chi connectivity index (χ0) is 12.2. The predicted octanol–water partition coefficient (Wildman–Crippen LogP) is 2.60. The van der Waals surface area contributed by atoms with Gasteiger partial charge in [-0.15, -0.1) is 0 Å². The standard InChI is InChI=1S/C13H29NO2/c1-5-15-11-13(4)16-10-8-6-7-9-14-12(2)3/h12-14H,5-11H2,1-4H3. The second-order valence-corrected chi connectivity index (χ2v) is 4.51. The van der Waals surface area contributed by atoms with Crippen LogP contribution in [-0.4, -0.2) is 38.5 Å². The first-order chi connectivity index (χ1) is 7.66. The second-order valence-electron chi connectivity index (χ2n) is 4.51. The van der Waals surface area contributed by atoms with E-state index < -0.39 is 0 Å². The molecule has 0 aliphatic carbocycles. The van der Waals surface area contributed by atoms with Crippen molar-refractivity contribution in [2.24, 2.45) is 0 Å². The number of unbranched alkanes of at least 4 members (excludes halogenated alkanes) is 2. The van der Waals surface area contributed by atoms with Crippen molar-refractivity contribution in [2.45, 2.75) is 59.1 Å². The molecule has 0 fully saturated rings. The van der Waals surface area contributed by atoms with Gasteiger partial charge in [0.15, 0.2) is 0 Å². The van der Waals surface area contributed by atoms with Crippen LogP contribution in [0.2, 0.25) is 0 Å². The Morgan fingerprint density at radius 2 is 1.81 bits per heavy atom. The predicted molar refractivity (Wildman–Crippen MR) is 68.9 cm³/mol. The molecule has 0 saturated carbocycles. The Balaban J connectivity index is 3.08. The number of rotatable bonds is 11. The van der Waals surface area contributed by atoms with Crippen molar-refractivity contribution in [1.29, 1.82) is 0 Å². The Hall–Kier alpha value is -0.120. The molecular formula is C13H29NO2. The van der Waals surface area contributed by atoms with Crippen LogP contribution in [0.4, 0.5) is 0 Å². The van der Waals surface area contributed by atoms with Crippen LogP contribution in [0.15, 0.2) is 0 Å². The third-order valence-corrected chi connectivity index (χ3v) is 2.33. The van der Waals surface area contributed by atoms with Crippen molar-refractivity contribution in [3.05, 3.63) is 0 Å². The van der Waals surface area contributed by atoms with E-state index in [9.17, 15) is 0 Å². The zero-order valence-corrected chi connectivity index (χ0v) is 11.4. The molecule has 0 amide bonds. The van der Waals surface area contributed by atoms with Crippen molar-refractivity contribution in [3.8, 4) is 0 Å². The molecule has 16 heavy (non-hydrogen) atoms. The van der Waals surface area contributed by atoms with E-state index in [0.717, 1.165) is 26.2 Å². The van der Waals surface area contributed by atoms with Crippen LogP contribution in [0.5, 0.6) is 0 Å². The second kappa shape index (κ2) is 11.4. The van der Waals surface area contributed by atoms with E-state index in [1.54, 1.807) is 0 Å². The quantitative estimate of drug-likeness (QED) is 0.554. The summed E-state index contributed by atoms with van der Waals surface area (Å²) in [6.07, 6.45) is 3.85. The van der Waals surface area contributed by atoms with Crippen molar-refractivity contribution in [1.82, 2.24) is 5.32 Å². The fourth-order valence-electron chi connectivity index (χ4n) is 1.41. The minimum Gasteiger partial charge on any atom is -0.379 e. The van der Waals surface area contributed by atoms with Crippen LogP contribution in [0.1, 0.15) is 47.0 Å². The minimum absolute atomic E-state index is 0.230. The lowest BCUT2D eigenvalue weighted by Gasteiger charge is -2.12. The summed E-state index contributed by atoms with van der Waals surface area (Å²) in [6.45, 7) is 11.9. The van der Waals surface area contributed by atoms with Gasteiger partial charge in [0.05, 0.1) is 12.7 Å². The van der Waals surface area contributed by atoms with Crippen molar-refractivity contribution in [2.75, 3.05) is 26.4 Å². The summed E-state index contributed by atoms with van der Waals surface area (Å²) >= 11 is 0. The molecule has 0 aliphatic rings. The molecule has 1 atom stereocenters. The Morgan fingerprint density at radius 3 is 2.44 bits per heavy atom. The summed E-state index contributed by atoms with van der Waals surface area (Å²) in [5.74, 6) is 0. The van der Waals surface area contributed by atoms with E-state index in [1.807, 2.05) is 6.92 Å². The number of hydrogen-bond donors (Lipinski definition) is 1. The first kappa shape index (κ1) is 15.9. The molecule has 0 spiro atoms. The van der Waals surface area contributed by atoms with E-state index in [4.69, 9.17) is 9.47 Å². The van der Waals surface area contributed by atoms with Crippen LogP contribution in [0.25, 0.3) is 0 Å². The molecule has 1 N–H and O–H groups in total. The molecule has 0 bridgehead atoms. The van der Waals surface area contributed by atoms with Crippen LogP contribution < -0.4 is 5.32 Å². The summed E-state index contributed by atoms with van der Waals surface area (Å²) in [6, 6.07) is 0.600. The third kappa shape index (κ3) is 12.0.